The van der Waals surface area contributed by atoms with Gasteiger partial charge in [0.15, 0.2) is 0 Å². The molecule has 2 aliphatic heterocycles. The molecule has 1 aromatic heterocycles. The molecular formula is C54H53ClN6O4S. The lowest BCUT2D eigenvalue weighted by Gasteiger charge is -2.56. The van der Waals surface area contributed by atoms with Crippen molar-refractivity contribution in [1.29, 1.82) is 0 Å². The Morgan fingerprint density at radius 2 is 1.71 bits per heavy atom. The topological polar surface area (TPSA) is 125 Å². The largest absolute Gasteiger partial charge is 0.489 e. The molecule has 3 fully saturated rings. The summed E-state index contributed by atoms with van der Waals surface area (Å²) in [5, 5.41) is 5.01. The molecule has 1 spiro atoms. The van der Waals surface area contributed by atoms with Gasteiger partial charge in [0, 0.05) is 64.1 Å². The molecule has 1 unspecified atom stereocenters. The third-order valence-corrected chi connectivity index (χ3v) is 14.8. The first-order valence-electron chi connectivity index (χ1n) is 22.8. The molecule has 1 atom stereocenters. The minimum Gasteiger partial charge on any atom is -0.489 e. The summed E-state index contributed by atoms with van der Waals surface area (Å²) in [5.74, 6) is 2.32. The smallest absolute Gasteiger partial charge is 0.265 e. The maximum absolute atomic E-state index is 14.1. The number of aryl methyl sites for hydroxylation is 1. The highest BCUT2D eigenvalue weighted by atomic mass is 35.5. The number of ether oxygens (including phenoxy) is 2. The van der Waals surface area contributed by atoms with Gasteiger partial charge in [0.25, 0.3) is 5.91 Å². The lowest BCUT2D eigenvalue weighted by Crippen LogP contribution is -2.63. The second kappa shape index (κ2) is 18.7. The predicted octanol–water partition coefficient (Wildman–Crippen LogP) is 12.6. The summed E-state index contributed by atoms with van der Waals surface area (Å²) in [6, 6.07) is 43.8. The Bertz CT molecular complexity index is 2890. The van der Waals surface area contributed by atoms with E-state index >= 15 is 0 Å². The van der Waals surface area contributed by atoms with Crippen LogP contribution in [0.3, 0.4) is 0 Å². The molecule has 6 aromatic carbocycles. The van der Waals surface area contributed by atoms with Crippen molar-refractivity contribution in [3.05, 3.63) is 167 Å². The fourth-order valence-corrected chi connectivity index (χ4v) is 10.8. The summed E-state index contributed by atoms with van der Waals surface area (Å²) >= 11 is 7.53. The van der Waals surface area contributed by atoms with Gasteiger partial charge in [-0.3, -0.25) is 14.3 Å². The first-order chi connectivity index (χ1) is 32.2. The molecule has 10 nitrogen and oxygen atoms in total. The van der Waals surface area contributed by atoms with E-state index in [9.17, 15) is 9.59 Å². The Balaban J connectivity index is 0.817. The molecule has 336 valence electrons. The van der Waals surface area contributed by atoms with E-state index in [1.165, 1.54) is 17.5 Å². The number of aromatic nitrogens is 1. The lowest BCUT2D eigenvalue weighted by molar-refractivity contribution is -0.174. The van der Waals surface area contributed by atoms with Gasteiger partial charge in [0.05, 0.1) is 28.4 Å². The summed E-state index contributed by atoms with van der Waals surface area (Å²) < 4.78 is 15.8. The van der Waals surface area contributed by atoms with Crippen molar-refractivity contribution < 1.29 is 19.1 Å². The molecular weight excluding hydrogens is 864 g/mol. The maximum Gasteiger partial charge on any atom is 0.265 e. The molecule has 1 saturated carbocycles. The van der Waals surface area contributed by atoms with Crippen molar-refractivity contribution in [2.75, 3.05) is 35.6 Å². The third-order valence-electron chi connectivity index (χ3n) is 13.6. The molecule has 10 rings (SSSR count). The normalized spacial score (nSPS) is 16.9. The van der Waals surface area contributed by atoms with Gasteiger partial charge in [-0.25, -0.2) is 0 Å². The number of aromatic amines is 1. The summed E-state index contributed by atoms with van der Waals surface area (Å²) in [7, 11) is 0. The Kier molecular flexibility index (Phi) is 12.3. The number of halogens is 1. The van der Waals surface area contributed by atoms with Gasteiger partial charge in [-0.2, -0.15) is 0 Å². The summed E-state index contributed by atoms with van der Waals surface area (Å²) in [6.45, 7) is 4.85. The minimum absolute atomic E-state index is 0.0609. The number of piperidine rings is 1. The quantitative estimate of drug-likeness (QED) is 0.0483. The number of nitrogens with zero attached hydrogens (tertiary/aromatic N) is 2. The number of rotatable bonds is 14. The standard InChI is InChI=1S/C54H53ClN6O4S/c1-35-12-13-40(30-46(35)55)58-49-19-16-44(32-47(49)56)66-59-52(62)45-17-14-41(31-50(45)65-43-15-18-48-38(28-43)20-25-57-48)60-26-21-36(22-27-60)33-61-51(54(53(61)63)23-5-6-24-54)39-10-7-11-42(29-39)64-34-37-8-3-2-4-9-37/h2-4,7-20,25,28-32,36,51,57-58H,5-6,21-24,26-27,33-34,56H2,1H3,(H,59,62). The maximum atomic E-state index is 14.1. The second-order valence-corrected chi connectivity index (χ2v) is 19.2. The first kappa shape index (κ1) is 43.3. The molecule has 5 N–H and O–H groups in total. The van der Waals surface area contributed by atoms with Crippen LogP contribution >= 0.6 is 23.5 Å². The highest BCUT2D eigenvalue weighted by molar-refractivity contribution is 7.98. The zero-order valence-electron chi connectivity index (χ0n) is 36.9. The number of β-lactam (4-membered cyclic amide) rings is 1. The number of hydrogen-bond donors (Lipinski definition) is 4. The van der Waals surface area contributed by atoms with Gasteiger partial charge in [-0.15, -0.1) is 0 Å². The molecule has 3 heterocycles. The second-order valence-electron chi connectivity index (χ2n) is 17.9. The van der Waals surface area contributed by atoms with Crippen molar-refractivity contribution in [3.8, 4) is 17.2 Å². The van der Waals surface area contributed by atoms with E-state index in [1.807, 2.05) is 116 Å². The first-order valence-corrected chi connectivity index (χ1v) is 24.0. The van der Waals surface area contributed by atoms with Crippen molar-refractivity contribution in [1.82, 2.24) is 14.6 Å². The van der Waals surface area contributed by atoms with E-state index in [0.717, 1.165) is 108 Å². The number of benzene rings is 6. The van der Waals surface area contributed by atoms with Crippen LogP contribution in [0.4, 0.5) is 22.7 Å². The molecule has 12 heteroatoms. The van der Waals surface area contributed by atoms with Crippen molar-refractivity contribution in [2.24, 2.45) is 11.3 Å². The fraction of sp³-hybridized carbons (Fsp3) is 0.259. The molecule has 2 amide bonds. The number of likely N-dealkylation sites (tertiary alicyclic amines) is 1. The van der Waals surface area contributed by atoms with Gasteiger partial charge in [-0.1, -0.05) is 73.0 Å². The van der Waals surface area contributed by atoms with Gasteiger partial charge < -0.3 is 35.3 Å². The van der Waals surface area contributed by atoms with Crippen LogP contribution in [-0.4, -0.2) is 41.3 Å². The molecule has 0 radical (unpaired) electrons. The summed E-state index contributed by atoms with van der Waals surface area (Å²) in [5.41, 5.74) is 13.9. The Labute approximate surface area is 395 Å². The fourth-order valence-electron chi connectivity index (χ4n) is 10.0. The van der Waals surface area contributed by atoms with Crippen molar-refractivity contribution in [3.63, 3.8) is 0 Å². The van der Waals surface area contributed by atoms with Crippen LogP contribution in [-0.2, 0) is 11.4 Å². The third kappa shape index (κ3) is 9.02. The highest BCUT2D eigenvalue weighted by Gasteiger charge is 2.61. The van der Waals surface area contributed by atoms with Gasteiger partial charge in [0.2, 0.25) is 5.91 Å². The Morgan fingerprint density at radius 1 is 0.879 bits per heavy atom. The monoisotopic (exact) mass is 916 g/mol. The van der Waals surface area contributed by atoms with E-state index in [-0.39, 0.29) is 17.4 Å². The van der Waals surface area contributed by atoms with Crippen LogP contribution in [0.1, 0.15) is 71.6 Å². The van der Waals surface area contributed by atoms with Crippen LogP contribution in [0.2, 0.25) is 5.02 Å². The van der Waals surface area contributed by atoms with Crippen molar-refractivity contribution >= 4 is 69.0 Å². The SMILES string of the molecule is Cc1ccc(Nc2ccc(SNC(=O)c3ccc(N4CCC(CN5C(=O)C6(CCCC6)C5c5cccc(OCc6ccccc6)c5)CC4)cc3Oc3ccc4[nH]ccc4c3)cc2N)cc1Cl. The van der Waals surface area contributed by atoms with Crippen molar-refractivity contribution in [2.45, 2.75) is 63.0 Å². The summed E-state index contributed by atoms with van der Waals surface area (Å²) in [6.07, 6.45) is 7.86. The zero-order chi connectivity index (χ0) is 45.2. The number of H-pyrrole nitrogens is 1. The molecule has 1 aliphatic carbocycles. The van der Waals surface area contributed by atoms with Crippen LogP contribution < -0.4 is 30.1 Å². The van der Waals surface area contributed by atoms with E-state index in [1.54, 1.807) is 0 Å². The number of carbonyl (C=O) groups is 2. The molecule has 66 heavy (non-hydrogen) atoms. The summed E-state index contributed by atoms with van der Waals surface area (Å²) in [4.78, 5) is 36.6. The highest BCUT2D eigenvalue weighted by Crippen LogP contribution is 2.59. The minimum atomic E-state index is -0.305. The van der Waals surface area contributed by atoms with Gasteiger partial charge in [0.1, 0.15) is 23.9 Å². The van der Waals surface area contributed by atoms with Crippen LogP contribution in [0.15, 0.2) is 145 Å². The van der Waals surface area contributed by atoms with E-state index in [2.05, 4.69) is 55.2 Å². The number of amides is 2. The van der Waals surface area contributed by atoms with Gasteiger partial charge >= 0.3 is 0 Å². The predicted molar refractivity (Wildman–Crippen MR) is 266 cm³/mol. The van der Waals surface area contributed by atoms with E-state index < -0.39 is 0 Å². The number of fused-ring (bicyclic) bond motifs is 1. The molecule has 7 aromatic rings. The zero-order valence-corrected chi connectivity index (χ0v) is 38.5. The Morgan fingerprint density at radius 3 is 2.52 bits per heavy atom. The van der Waals surface area contributed by atoms with Crippen LogP contribution in [0.25, 0.3) is 10.9 Å². The molecule has 3 aliphatic rings. The Hall–Kier alpha value is -6.56. The molecule has 2 saturated heterocycles. The number of anilines is 4. The lowest BCUT2D eigenvalue weighted by atomic mass is 9.66. The average molecular weight is 918 g/mol. The van der Waals surface area contributed by atoms with Crippen LogP contribution in [0, 0.1) is 18.3 Å². The number of nitrogen functional groups attached to an aromatic ring is 1. The van der Waals surface area contributed by atoms with Gasteiger partial charge in [-0.05, 0) is 146 Å². The number of hydrogen-bond acceptors (Lipinski definition) is 8. The molecule has 0 bridgehead atoms. The average Bonchev–Trinajstić information content (AvgIpc) is 4.04. The number of carbonyl (C=O) groups excluding carboxylic acids is 2. The van der Waals surface area contributed by atoms with Crippen LogP contribution in [0.5, 0.6) is 17.2 Å². The number of nitrogens with one attached hydrogen (secondary N) is 3. The van der Waals surface area contributed by atoms with E-state index in [0.29, 0.717) is 46.2 Å². The van der Waals surface area contributed by atoms with E-state index in [4.69, 9.17) is 26.8 Å². The number of nitrogens with two attached hydrogens (primary N) is 1.